The molecule has 6 heteroatoms. The van der Waals surface area contributed by atoms with E-state index in [4.69, 9.17) is 5.73 Å². The van der Waals surface area contributed by atoms with Gasteiger partial charge in [-0.2, -0.15) is 13.2 Å². The molecule has 0 aliphatic carbocycles. The van der Waals surface area contributed by atoms with Gasteiger partial charge < -0.3 is 10.8 Å². The largest absolute Gasteiger partial charge is 0.507 e. The summed E-state index contributed by atoms with van der Waals surface area (Å²) in [5.41, 5.74) is 4.06. The van der Waals surface area contributed by atoms with E-state index in [1.54, 1.807) is 0 Å². The number of halogens is 3. The fourth-order valence-corrected chi connectivity index (χ4v) is 1.16. The van der Waals surface area contributed by atoms with E-state index in [-0.39, 0.29) is 5.56 Å². The van der Waals surface area contributed by atoms with Crippen LogP contribution in [0.2, 0.25) is 0 Å². The molecule has 1 aromatic rings. The summed E-state index contributed by atoms with van der Waals surface area (Å²) in [5.74, 6) is -1.32. The summed E-state index contributed by atoms with van der Waals surface area (Å²) in [6, 6.07) is 1.29. The molecule has 0 aliphatic rings. The Balaban J connectivity index is 3.15. The van der Waals surface area contributed by atoms with Gasteiger partial charge in [0, 0.05) is 0 Å². The predicted molar refractivity (Wildman–Crippen MR) is 51.1 cm³/mol. The minimum absolute atomic E-state index is 0.206. The van der Waals surface area contributed by atoms with Gasteiger partial charge in [-0.15, -0.1) is 0 Å². The lowest BCUT2D eigenvalue weighted by molar-refractivity contribution is -0.137. The fourth-order valence-electron chi connectivity index (χ4n) is 1.16. The highest BCUT2D eigenvalue weighted by atomic mass is 19.4. The average Bonchev–Trinajstić information content (AvgIpc) is 2.15. The number of alkyl halides is 3. The Morgan fingerprint density at radius 1 is 1.44 bits per heavy atom. The van der Waals surface area contributed by atoms with Crippen LogP contribution in [0.4, 0.5) is 13.2 Å². The Labute approximate surface area is 89.7 Å². The summed E-state index contributed by atoms with van der Waals surface area (Å²) in [6.07, 6.45) is -4.55. The number of carbonyl (C=O) groups excluding carboxylic acids is 1. The minimum Gasteiger partial charge on any atom is -0.507 e. The first-order valence-electron chi connectivity index (χ1n) is 4.43. The second kappa shape index (κ2) is 4.13. The van der Waals surface area contributed by atoms with Crippen LogP contribution in [0.15, 0.2) is 18.2 Å². The first-order valence-corrected chi connectivity index (χ1v) is 4.43. The smallest absolute Gasteiger partial charge is 0.416 e. The van der Waals surface area contributed by atoms with Crippen LogP contribution in [0.25, 0.3) is 0 Å². The van der Waals surface area contributed by atoms with Crippen molar-refractivity contribution in [2.75, 3.05) is 0 Å². The highest BCUT2D eigenvalue weighted by Gasteiger charge is 2.31. The van der Waals surface area contributed by atoms with E-state index in [9.17, 15) is 23.1 Å². The maximum Gasteiger partial charge on any atom is 0.416 e. The highest BCUT2D eigenvalue weighted by molar-refractivity contribution is 6.01. The molecule has 0 aliphatic heterocycles. The van der Waals surface area contributed by atoms with Crippen LogP contribution in [0.1, 0.15) is 22.8 Å². The van der Waals surface area contributed by atoms with Gasteiger partial charge in [-0.1, -0.05) is 0 Å². The Bertz CT molecular complexity index is 413. The number of Topliss-reactive ketones (excluding diaryl/α,β-unsaturated/α-hetero) is 1. The van der Waals surface area contributed by atoms with Crippen molar-refractivity contribution in [1.82, 2.24) is 0 Å². The van der Waals surface area contributed by atoms with Crippen molar-refractivity contribution in [3.8, 4) is 5.75 Å². The van der Waals surface area contributed by atoms with Crippen molar-refractivity contribution in [2.45, 2.75) is 19.1 Å². The van der Waals surface area contributed by atoms with Crippen molar-refractivity contribution in [1.29, 1.82) is 0 Å². The van der Waals surface area contributed by atoms with Gasteiger partial charge >= 0.3 is 6.18 Å². The molecule has 0 amide bonds. The number of hydrogen-bond acceptors (Lipinski definition) is 3. The van der Waals surface area contributed by atoms with E-state index >= 15 is 0 Å². The summed E-state index contributed by atoms with van der Waals surface area (Å²) in [6.45, 7) is 1.39. The van der Waals surface area contributed by atoms with Gasteiger partial charge in [-0.05, 0) is 25.1 Å². The van der Waals surface area contributed by atoms with Crippen LogP contribution in [0, 0.1) is 0 Å². The molecule has 0 saturated heterocycles. The van der Waals surface area contributed by atoms with Crippen molar-refractivity contribution >= 4 is 5.78 Å². The molecule has 0 saturated carbocycles. The van der Waals surface area contributed by atoms with E-state index in [1.807, 2.05) is 0 Å². The molecule has 1 rings (SSSR count). The van der Waals surface area contributed by atoms with E-state index in [1.165, 1.54) is 6.92 Å². The van der Waals surface area contributed by atoms with E-state index in [2.05, 4.69) is 0 Å². The number of benzene rings is 1. The van der Waals surface area contributed by atoms with Crippen molar-refractivity contribution < 1.29 is 23.1 Å². The second-order valence-electron chi connectivity index (χ2n) is 3.38. The van der Waals surface area contributed by atoms with Gasteiger partial charge in [0.15, 0.2) is 5.78 Å². The van der Waals surface area contributed by atoms with Crippen LogP contribution in [0.3, 0.4) is 0 Å². The normalized spacial score (nSPS) is 13.6. The molecule has 16 heavy (non-hydrogen) atoms. The summed E-state index contributed by atoms with van der Waals surface area (Å²) in [7, 11) is 0. The Morgan fingerprint density at radius 3 is 2.38 bits per heavy atom. The number of rotatable bonds is 2. The molecule has 88 valence electrons. The molecule has 3 N–H and O–H groups in total. The zero-order valence-electron chi connectivity index (χ0n) is 8.38. The molecule has 0 fully saturated rings. The SMILES string of the molecule is CC(N)C(=O)c1ccc(C(F)(F)F)cc1O. The van der Waals surface area contributed by atoms with Gasteiger partial charge in [-0.25, -0.2) is 0 Å². The number of ketones is 1. The molecule has 0 radical (unpaired) electrons. The summed E-state index contributed by atoms with van der Waals surface area (Å²) in [4.78, 5) is 11.4. The van der Waals surface area contributed by atoms with Gasteiger partial charge in [-0.3, -0.25) is 4.79 Å². The third kappa shape index (κ3) is 2.52. The van der Waals surface area contributed by atoms with Crippen LogP contribution >= 0.6 is 0 Å². The summed E-state index contributed by atoms with van der Waals surface area (Å²) in [5, 5.41) is 9.30. The van der Waals surface area contributed by atoms with E-state index < -0.39 is 29.3 Å². The van der Waals surface area contributed by atoms with Crippen molar-refractivity contribution in [3.63, 3.8) is 0 Å². The number of carbonyl (C=O) groups is 1. The number of phenols is 1. The zero-order chi connectivity index (χ0) is 12.5. The molecule has 0 aromatic heterocycles. The topological polar surface area (TPSA) is 63.3 Å². The summed E-state index contributed by atoms with van der Waals surface area (Å²) < 4.78 is 36.7. The van der Waals surface area contributed by atoms with E-state index in [0.717, 1.165) is 12.1 Å². The quantitative estimate of drug-likeness (QED) is 0.767. The number of hydrogen-bond donors (Lipinski definition) is 2. The summed E-state index contributed by atoms with van der Waals surface area (Å²) >= 11 is 0. The third-order valence-corrected chi connectivity index (χ3v) is 2.00. The minimum atomic E-state index is -4.55. The maximum absolute atomic E-state index is 12.2. The van der Waals surface area contributed by atoms with Crippen molar-refractivity contribution in [3.05, 3.63) is 29.3 Å². The number of aromatic hydroxyl groups is 1. The standard InChI is InChI=1S/C10H10F3NO2/c1-5(14)9(16)7-3-2-6(4-8(7)15)10(11,12)13/h2-5,15H,14H2,1H3. The molecular weight excluding hydrogens is 223 g/mol. The molecule has 0 bridgehead atoms. The molecule has 1 aromatic carbocycles. The van der Waals surface area contributed by atoms with Crippen LogP contribution in [-0.2, 0) is 6.18 Å². The fraction of sp³-hybridized carbons (Fsp3) is 0.300. The third-order valence-electron chi connectivity index (χ3n) is 2.00. The highest BCUT2D eigenvalue weighted by Crippen LogP contribution is 2.32. The average molecular weight is 233 g/mol. The zero-order valence-corrected chi connectivity index (χ0v) is 8.38. The lowest BCUT2D eigenvalue weighted by atomic mass is 10.0. The second-order valence-corrected chi connectivity index (χ2v) is 3.38. The van der Waals surface area contributed by atoms with Crippen LogP contribution in [0.5, 0.6) is 5.75 Å². The maximum atomic E-state index is 12.2. The van der Waals surface area contributed by atoms with Gasteiger partial charge in [0.1, 0.15) is 5.75 Å². The Morgan fingerprint density at radius 2 is 2.00 bits per heavy atom. The van der Waals surface area contributed by atoms with Gasteiger partial charge in [0.05, 0.1) is 17.2 Å². The lowest BCUT2D eigenvalue weighted by Gasteiger charge is -2.10. The van der Waals surface area contributed by atoms with E-state index in [0.29, 0.717) is 6.07 Å². The number of nitrogens with two attached hydrogens (primary N) is 1. The predicted octanol–water partition coefficient (Wildman–Crippen LogP) is 1.94. The Hall–Kier alpha value is -1.56. The van der Waals surface area contributed by atoms with Crippen molar-refractivity contribution in [2.24, 2.45) is 5.73 Å². The number of phenolic OH excluding ortho intramolecular Hbond substituents is 1. The van der Waals surface area contributed by atoms with Crippen LogP contribution < -0.4 is 5.73 Å². The lowest BCUT2D eigenvalue weighted by Crippen LogP contribution is -2.26. The van der Waals surface area contributed by atoms with Crippen LogP contribution in [-0.4, -0.2) is 16.9 Å². The molecule has 0 heterocycles. The first kappa shape index (κ1) is 12.5. The molecule has 0 spiro atoms. The molecule has 3 nitrogen and oxygen atoms in total. The monoisotopic (exact) mass is 233 g/mol. The molecular formula is C10H10F3NO2. The first-order chi connectivity index (χ1) is 7.23. The molecule has 1 atom stereocenters. The Kier molecular flexibility index (Phi) is 3.23. The van der Waals surface area contributed by atoms with Gasteiger partial charge in [0.25, 0.3) is 0 Å². The van der Waals surface area contributed by atoms with Gasteiger partial charge in [0.2, 0.25) is 0 Å². The molecule has 1 unspecified atom stereocenters.